The SMILES string of the molecule is N=C1/C(=C/c2ccc(OS(=O)(=O)c3ccccc3)cc2)C(=O)N=C2SC(c3cccnc3)=NN12. The van der Waals surface area contributed by atoms with Gasteiger partial charge in [0.1, 0.15) is 15.7 Å². The number of pyridine rings is 1. The lowest BCUT2D eigenvalue weighted by atomic mass is 10.1. The second-order valence-corrected chi connectivity index (χ2v) is 9.59. The Bertz CT molecular complexity index is 1480. The maximum atomic E-state index is 12.6. The van der Waals surface area contributed by atoms with Crippen LogP contribution < -0.4 is 4.18 Å². The summed E-state index contributed by atoms with van der Waals surface area (Å²) in [4.78, 5) is 20.8. The van der Waals surface area contributed by atoms with Crippen LogP contribution in [0.4, 0.5) is 0 Å². The lowest BCUT2D eigenvalue weighted by Gasteiger charge is -2.20. The van der Waals surface area contributed by atoms with Gasteiger partial charge in [0.05, 0.1) is 5.57 Å². The predicted molar refractivity (Wildman–Crippen MR) is 129 cm³/mol. The molecule has 9 nitrogen and oxygen atoms in total. The van der Waals surface area contributed by atoms with Gasteiger partial charge in [0, 0.05) is 18.0 Å². The van der Waals surface area contributed by atoms with Crippen molar-refractivity contribution in [2.24, 2.45) is 10.1 Å². The van der Waals surface area contributed by atoms with E-state index < -0.39 is 16.0 Å². The van der Waals surface area contributed by atoms with Gasteiger partial charge in [-0.15, -0.1) is 0 Å². The molecule has 2 aliphatic heterocycles. The molecule has 11 heteroatoms. The van der Waals surface area contributed by atoms with Crippen LogP contribution >= 0.6 is 11.8 Å². The van der Waals surface area contributed by atoms with E-state index in [4.69, 9.17) is 9.59 Å². The van der Waals surface area contributed by atoms with Crippen LogP contribution in [0.3, 0.4) is 0 Å². The molecule has 0 saturated carbocycles. The van der Waals surface area contributed by atoms with Crippen molar-refractivity contribution in [1.82, 2.24) is 9.99 Å². The number of hydrogen-bond acceptors (Lipinski definition) is 8. The number of aromatic nitrogens is 1. The molecule has 168 valence electrons. The fourth-order valence-corrected chi connectivity index (χ4v) is 4.98. The van der Waals surface area contributed by atoms with Crippen molar-refractivity contribution >= 4 is 49.9 Å². The molecule has 0 unspecified atom stereocenters. The van der Waals surface area contributed by atoms with Gasteiger partial charge in [0.2, 0.25) is 5.17 Å². The van der Waals surface area contributed by atoms with Gasteiger partial charge in [-0.1, -0.05) is 30.3 Å². The minimum absolute atomic E-state index is 0.0470. The van der Waals surface area contributed by atoms with Gasteiger partial charge in [-0.05, 0) is 59.8 Å². The molecule has 2 aliphatic rings. The highest BCUT2D eigenvalue weighted by Gasteiger charge is 2.36. The fourth-order valence-electron chi connectivity index (χ4n) is 3.15. The highest BCUT2D eigenvalue weighted by molar-refractivity contribution is 8.27. The fraction of sp³-hybridized carbons (Fsp3) is 0. The van der Waals surface area contributed by atoms with Gasteiger partial charge in [0.15, 0.2) is 5.84 Å². The Hall–Kier alpha value is -4.09. The van der Waals surface area contributed by atoms with E-state index in [1.807, 2.05) is 6.07 Å². The van der Waals surface area contributed by atoms with Crippen molar-refractivity contribution in [2.75, 3.05) is 0 Å². The number of benzene rings is 2. The first-order valence-corrected chi connectivity index (χ1v) is 12.1. The molecule has 34 heavy (non-hydrogen) atoms. The zero-order valence-corrected chi connectivity index (χ0v) is 19.0. The molecule has 0 radical (unpaired) electrons. The van der Waals surface area contributed by atoms with Gasteiger partial charge in [-0.2, -0.15) is 23.5 Å². The zero-order valence-electron chi connectivity index (χ0n) is 17.3. The zero-order chi connectivity index (χ0) is 23.7. The van der Waals surface area contributed by atoms with Crippen LogP contribution in [0.5, 0.6) is 5.75 Å². The quantitative estimate of drug-likeness (QED) is 0.429. The second kappa shape index (κ2) is 8.69. The van der Waals surface area contributed by atoms with Crippen molar-refractivity contribution in [3.63, 3.8) is 0 Å². The largest absolute Gasteiger partial charge is 0.379 e. The van der Waals surface area contributed by atoms with E-state index in [9.17, 15) is 13.2 Å². The standard InChI is InChI=1S/C23H15N5O4S2/c24-20-19(21(29)26-23-28(20)27-22(33-23)16-5-4-12-25-14-16)13-15-8-10-17(11-9-15)32-34(30,31)18-6-2-1-3-7-18/h1-14,24H/b19-13-,24-20?. The maximum Gasteiger partial charge on any atom is 0.339 e. The van der Waals surface area contributed by atoms with E-state index in [1.165, 1.54) is 47.1 Å². The summed E-state index contributed by atoms with van der Waals surface area (Å²) in [5.41, 5.74) is 1.39. The van der Waals surface area contributed by atoms with Crippen LogP contribution in [0.15, 0.2) is 99.7 Å². The van der Waals surface area contributed by atoms with Gasteiger partial charge >= 0.3 is 10.1 Å². The number of thioether (sulfide) groups is 1. The maximum absolute atomic E-state index is 12.6. The van der Waals surface area contributed by atoms with Gasteiger partial charge in [-0.25, -0.2) is 0 Å². The summed E-state index contributed by atoms with van der Waals surface area (Å²) in [5.74, 6) is -0.537. The van der Waals surface area contributed by atoms with Crippen LogP contribution in [0.25, 0.3) is 6.08 Å². The van der Waals surface area contributed by atoms with Gasteiger partial charge in [-0.3, -0.25) is 15.2 Å². The summed E-state index contributed by atoms with van der Waals surface area (Å²) in [6, 6.07) is 17.6. The first kappa shape index (κ1) is 21.7. The molecule has 1 amide bonds. The van der Waals surface area contributed by atoms with Crippen LogP contribution in [-0.4, -0.2) is 40.4 Å². The van der Waals surface area contributed by atoms with Crippen LogP contribution in [0.2, 0.25) is 0 Å². The molecule has 0 saturated heterocycles. The average Bonchev–Trinajstić information content (AvgIpc) is 3.28. The van der Waals surface area contributed by atoms with Gasteiger partial charge < -0.3 is 4.18 Å². The Labute approximate surface area is 199 Å². The smallest absolute Gasteiger partial charge is 0.339 e. The van der Waals surface area contributed by atoms with Crippen LogP contribution in [0.1, 0.15) is 11.1 Å². The Balaban J connectivity index is 1.36. The van der Waals surface area contributed by atoms with E-state index in [1.54, 1.807) is 48.8 Å². The molecule has 5 rings (SSSR count). The molecular formula is C23H15N5O4S2. The van der Waals surface area contributed by atoms with Gasteiger partial charge in [0.25, 0.3) is 5.91 Å². The van der Waals surface area contributed by atoms with E-state index in [-0.39, 0.29) is 22.1 Å². The lowest BCUT2D eigenvalue weighted by Crippen LogP contribution is -2.35. The molecular weight excluding hydrogens is 474 g/mol. The summed E-state index contributed by atoms with van der Waals surface area (Å²) in [5, 5.41) is 15.1. The molecule has 0 bridgehead atoms. The Morgan fingerprint density at radius 2 is 1.76 bits per heavy atom. The molecule has 2 aromatic carbocycles. The third-order valence-corrected chi connectivity index (χ3v) is 7.01. The monoisotopic (exact) mass is 489 g/mol. The summed E-state index contributed by atoms with van der Waals surface area (Å²) >= 11 is 1.19. The summed E-state index contributed by atoms with van der Waals surface area (Å²) in [6.45, 7) is 0. The summed E-state index contributed by atoms with van der Waals surface area (Å²) in [6.07, 6.45) is 4.80. The first-order valence-electron chi connectivity index (χ1n) is 9.91. The third-order valence-electron chi connectivity index (χ3n) is 4.79. The van der Waals surface area contributed by atoms with Crippen molar-refractivity contribution in [1.29, 1.82) is 5.41 Å². The predicted octanol–water partition coefficient (Wildman–Crippen LogP) is 3.52. The third kappa shape index (κ3) is 4.26. The number of nitrogens with zero attached hydrogens (tertiary/aromatic N) is 4. The molecule has 0 fully saturated rings. The minimum atomic E-state index is -3.96. The molecule has 3 aromatic rings. The normalized spacial score (nSPS) is 16.8. The highest BCUT2D eigenvalue weighted by atomic mass is 32.2. The van der Waals surface area contributed by atoms with E-state index >= 15 is 0 Å². The molecule has 0 atom stereocenters. The Morgan fingerprint density at radius 1 is 1.00 bits per heavy atom. The van der Waals surface area contributed by atoms with Crippen molar-refractivity contribution in [2.45, 2.75) is 4.90 Å². The van der Waals surface area contributed by atoms with E-state index in [0.29, 0.717) is 15.8 Å². The average molecular weight is 490 g/mol. The summed E-state index contributed by atoms with van der Waals surface area (Å²) in [7, 11) is -3.96. The number of carbonyl (C=O) groups excluding carboxylic acids is 1. The molecule has 1 aromatic heterocycles. The Morgan fingerprint density at radius 3 is 2.47 bits per heavy atom. The Kier molecular flexibility index (Phi) is 5.56. The first-order chi connectivity index (χ1) is 16.4. The van der Waals surface area contributed by atoms with E-state index in [0.717, 1.165) is 5.56 Å². The number of nitrogens with one attached hydrogen (secondary N) is 1. The molecule has 0 spiro atoms. The van der Waals surface area contributed by atoms with Crippen molar-refractivity contribution in [3.8, 4) is 5.75 Å². The number of hydrazone groups is 1. The van der Waals surface area contributed by atoms with Crippen LogP contribution in [0, 0.1) is 5.41 Å². The lowest BCUT2D eigenvalue weighted by molar-refractivity contribution is -0.114. The number of hydrogen-bond donors (Lipinski definition) is 1. The number of fused-ring (bicyclic) bond motifs is 1. The topological polar surface area (TPSA) is 125 Å². The van der Waals surface area contributed by atoms with Crippen LogP contribution in [-0.2, 0) is 14.9 Å². The number of aliphatic imine (C=N–C) groups is 1. The number of amidine groups is 2. The van der Waals surface area contributed by atoms with E-state index in [2.05, 4.69) is 15.1 Å². The van der Waals surface area contributed by atoms with Crippen molar-refractivity contribution in [3.05, 3.63) is 95.8 Å². The highest BCUT2D eigenvalue weighted by Crippen LogP contribution is 2.31. The number of rotatable bonds is 5. The number of carbonyl (C=O) groups is 1. The number of amides is 1. The minimum Gasteiger partial charge on any atom is -0.379 e. The second-order valence-electron chi connectivity index (χ2n) is 7.09. The molecule has 1 N–H and O–H groups in total. The molecule has 3 heterocycles. The summed E-state index contributed by atoms with van der Waals surface area (Å²) < 4.78 is 29.9. The van der Waals surface area contributed by atoms with Crippen molar-refractivity contribution < 1.29 is 17.4 Å². The molecule has 0 aliphatic carbocycles.